The van der Waals surface area contributed by atoms with E-state index < -0.39 is 5.60 Å². The summed E-state index contributed by atoms with van der Waals surface area (Å²) in [7, 11) is 0. The number of rotatable bonds is 0. The van der Waals surface area contributed by atoms with Gasteiger partial charge in [-0.1, -0.05) is 12.6 Å². The Kier molecular flexibility index (Phi) is 3.35. The molecule has 2 heterocycles. The molecule has 19 heavy (non-hydrogen) atoms. The van der Waals surface area contributed by atoms with E-state index in [0.717, 1.165) is 22.5 Å². The van der Waals surface area contributed by atoms with Crippen LogP contribution in [-0.2, 0) is 11.3 Å². The Labute approximate surface area is 114 Å². The van der Waals surface area contributed by atoms with Crippen LogP contribution in [0.15, 0.2) is 18.7 Å². The van der Waals surface area contributed by atoms with Gasteiger partial charge in [-0.05, 0) is 44.9 Å². The van der Waals surface area contributed by atoms with Crippen LogP contribution in [-0.4, -0.2) is 28.1 Å². The normalized spacial score (nSPS) is 15.2. The van der Waals surface area contributed by atoms with E-state index in [4.69, 9.17) is 4.74 Å². The van der Waals surface area contributed by atoms with Gasteiger partial charge in [0, 0.05) is 5.69 Å². The largest absolute Gasteiger partial charge is 0.444 e. The number of amides is 1. The minimum absolute atomic E-state index is 0.306. The second kappa shape index (κ2) is 4.68. The van der Waals surface area contributed by atoms with Crippen molar-refractivity contribution < 1.29 is 9.53 Å². The molecule has 0 unspecified atom stereocenters. The lowest BCUT2D eigenvalue weighted by Crippen LogP contribution is -2.39. The molecule has 0 N–H and O–H groups in total. The lowest BCUT2D eigenvalue weighted by molar-refractivity contribution is 0.0254. The molecule has 0 saturated heterocycles. The number of nitrogens with zero attached hydrogens (tertiary/aromatic N) is 2. The van der Waals surface area contributed by atoms with Crippen LogP contribution in [0, 0.1) is 6.92 Å². The zero-order valence-corrected chi connectivity index (χ0v) is 12.0. The number of ether oxygens (including phenoxy) is 1. The Bertz CT molecular complexity index is 529. The lowest BCUT2D eigenvalue weighted by atomic mass is 10.0. The van der Waals surface area contributed by atoms with Gasteiger partial charge in [0.25, 0.3) is 0 Å². The fourth-order valence-electron chi connectivity index (χ4n) is 2.04. The second-order valence-electron chi connectivity index (χ2n) is 5.90. The van der Waals surface area contributed by atoms with Crippen molar-refractivity contribution in [2.45, 2.75) is 39.8 Å². The third kappa shape index (κ3) is 3.13. The topological polar surface area (TPSA) is 42.4 Å². The minimum atomic E-state index is -0.482. The fraction of sp³-hybridized carbons (Fsp3) is 0.467. The molecule has 0 spiro atoms. The first-order valence-electron chi connectivity index (χ1n) is 6.39. The first kappa shape index (κ1) is 13.6. The van der Waals surface area contributed by atoms with Gasteiger partial charge in [0.1, 0.15) is 5.60 Å². The number of carbonyl (C=O) groups excluding carboxylic acids is 1. The second-order valence-corrected chi connectivity index (χ2v) is 5.90. The number of carbonyl (C=O) groups is 1. The van der Waals surface area contributed by atoms with Crippen LogP contribution in [0.2, 0.25) is 0 Å². The Hall–Kier alpha value is -1.84. The van der Waals surface area contributed by atoms with Crippen LogP contribution in [0.25, 0.3) is 5.57 Å². The number of hydrogen-bond acceptors (Lipinski definition) is 3. The first-order valence-corrected chi connectivity index (χ1v) is 6.39. The third-order valence-electron chi connectivity index (χ3n) is 2.85. The molecule has 0 fully saturated rings. The van der Waals surface area contributed by atoms with Crippen LogP contribution >= 0.6 is 0 Å². The van der Waals surface area contributed by atoms with Gasteiger partial charge >= 0.3 is 6.09 Å². The molecule has 1 amide bonds. The molecular formula is C15H20N2O2. The van der Waals surface area contributed by atoms with Crippen molar-refractivity contribution >= 4 is 11.7 Å². The molecule has 1 aliphatic rings. The Balaban J connectivity index is 2.19. The molecule has 0 atom stereocenters. The number of aromatic nitrogens is 1. The monoisotopic (exact) mass is 260 g/mol. The van der Waals surface area contributed by atoms with Crippen LogP contribution in [0.3, 0.4) is 0 Å². The summed E-state index contributed by atoms with van der Waals surface area (Å²) in [5.41, 5.74) is 3.28. The van der Waals surface area contributed by atoms with Gasteiger partial charge in [0.2, 0.25) is 0 Å². The van der Waals surface area contributed by atoms with Gasteiger partial charge in [-0.3, -0.25) is 9.88 Å². The van der Waals surface area contributed by atoms with E-state index in [1.54, 1.807) is 4.90 Å². The van der Waals surface area contributed by atoms with Gasteiger partial charge in [-0.25, -0.2) is 4.79 Å². The summed E-state index contributed by atoms with van der Waals surface area (Å²) < 4.78 is 5.39. The molecule has 1 aromatic heterocycles. The maximum absolute atomic E-state index is 12.1. The summed E-state index contributed by atoms with van der Waals surface area (Å²) in [4.78, 5) is 18.2. The summed E-state index contributed by atoms with van der Waals surface area (Å²) >= 11 is 0. The Morgan fingerprint density at radius 3 is 2.68 bits per heavy atom. The third-order valence-corrected chi connectivity index (χ3v) is 2.85. The van der Waals surface area contributed by atoms with Crippen molar-refractivity contribution in [2.24, 2.45) is 0 Å². The van der Waals surface area contributed by atoms with Crippen molar-refractivity contribution in [3.8, 4) is 0 Å². The predicted molar refractivity (Wildman–Crippen MR) is 74.7 cm³/mol. The van der Waals surface area contributed by atoms with Crippen LogP contribution < -0.4 is 0 Å². The zero-order valence-electron chi connectivity index (χ0n) is 12.0. The smallest absolute Gasteiger partial charge is 0.410 e. The highest BCUT2D eigenvalue weighted by molar-refractivity contribution is 5.75. The maximum atomic E-state index is 12.1. The van der Waals surface area contributed by atoms with E-state index in [-0.39, 0.29) is 6.09 Å². The molecule has 0 radical (unpaired) electrons. The van der Waals surface area contributed by atoms with Gasteiger partial charge in [0.15, 0.2) is 0 Å². The average molecular weight is 260 g/mol. The van der Waals surface area contributed by atoms with Crippen molar-refractivity contribution in [2.75, 3.05) is 6.54 Å². The van der Waals surface area contributed by atoms with E-state index >= 15 is 0 Å². The molecule has 102 valence electrons. The Morgan fingerprint density at radius 1 is 1.37 bits per heavy atom. The molecule has 4 heteroatoms. The summed E-state index contributed by atoms with van der Waals surface area (Å²) in [6.45, 7) is 12.6. The zero-order chi connectivity index (χ0) is 14.2. The van der Waals surface area contributed by atoms with Crippen molar-refractivity contribution in [3.05, 3.63) is 35.7 Å². The van der Waals surface area contributed by atoms with Crippen LogP contribution in [0.5, 0.6) is 0 Å². The van der Waals surface area contributed by atoms with E-state index in [1.807, 2.05) is 39.8 Å². The highest BCUT2D eigenvalue weighted by Gasteiger charge is 2.27. The molecule has 1 aliphatic heterocycles. The number of fused-ring (bicyclic) bond motifs is 1. The van der Waals surface area contributed by atoms with Gasteiger partial charge < -0.3 is 4.74 Å². The van der Waals surface area contributed by atoms with Gasteiger partial charge in [-0.2, -0.15) is 0 Å². The lowest BCUT2D eigenvalue weighted by Gasteiger charge is -2.31. The van der Waals surface area contributed by atoms with E-state index in [1.165, 1.54) is 0 Å². The van der Waals surface area contributed by atoms with E-state index in [9.17, 15) is 4.79 Å². The molecule has 4 nitrogen and oxygen atoms in total. The minimum Gasteiger partial charge on any atom is -0.444 e. The standard InChI is InChI=1S/C15H20N2O2/c1-10-8-17(14(18)19-15(3,4)5)9-12-7-6-11(2)16-13(10)12/h6-7H,1,8-9H2,2-5H3. The molecule has 0 bridgehead atoms. The summed E-state index contributed by atoms with van der Waals surface area (Å²) in [5.74, 6) is 0. The highest BCUT2D eigenvalue weighted by Crippen LogP contribution is 2.26. The highest BCUT2D eigenvalue weighted by atomic mass is 16.6. The van der Waals surface area contributed by atoms with Crippen LogP contribution in [0.4, 0.5) is 4.79 Å². The molecule has 0 aliphatic carbocycles. The molecule has 0 aromatic carbocycles. The summed E-state index contributed by atoms with van der Waals surface area (Å²) in [6.07, 6.45) is -0.306. The SMILES string of the molecule is C=C1CN(C(=O)OC(C)(C)C)Cc2ccc(C)nc21. The van der Waals surface area contributed by atoms with E-state index in [2.05, 4.69) is 11.6 Å². The van der Waals surface area contributed by atoms with Gasteiger partial charge in [-0.15, -0.1) is 0 Å². The fourth-order valence-corrected chi connectivity index (χ4v) is 2.04. The van der Waals surface area contributed by atoms with Crippen molar-refractivity contribution in [1.82, 2.24) is 9.88 Å². The van der Waals surface area contributed by atoms with E-state index in [0.29, 0.717) is 13.1 Å². The van der Waals surface area contributed by atoms with Crippen molar-refractivity contribution in [3.63, 3.8) is 0 Å². The maximum Gasteiger partial charge on any atom is 0.410 e. The molecule has 2 rings (SSSR count). The molecular weight excluding hydrogens is 240 g/mol. The predicted octanol–water partition coefficient (Wildman–Crippen LogP) is 3.15. The molecule has 1 aromatic rings. The molecule has 0 saturated carbocycles. The van der Waals surface area contributed by atoms with Gasteiger partial charge in [0.05, 0.1) is 18.8 Å². The van der Waals surface area contributed by atoms with Crippen LogP contribution in [0.1, 0.15) is 37.7 Å². The quantitative estimate of drug-likeness (QED) is 0.719. The number of pyridine rings is 1. The number of aryl methyl sites for hydroxylation is 1. The summed E-state index contributed by atoms with van der Waals surface area (Å²) in [5, 5.41) is 0. The number of hydrogen-bond donors (Lipinski definition) is 0. The van der Waals surface area contributed by atoms with Crippen molar-refractivity contribution in [1.29, 1.82) is 0 Å². The summed E-state index contributed by atoms with van der Waals surface area (Å²) in [6, 6.07) is 3.95. The first-order chi connectivity index (χ1) is 8.76. The Morgan fingerprint density at radius 2 is 2.05 bits per heavy atom. The average Bonchev–Trinajstić information content (AvgIpc) is 2.27.